The number of hydrogen-bond donors (Lipinski definition) is 2. The number of nitrogens with zero attached hydrogens (tertiary/aromatic N) is 2. The smallest absolute Gasteiger partial charge is 0.269 e. The SMILES string of the molecule is CNC(=O)c1cc(Oc2ccc3nc(NC[C@H]4CCCO4)sc3c2)ccn1. The maximum Gasteiger partial charge on any atom is 0.269 e. The first-order valence-electron chi connectivity index (χ1n) is 8.83. The number of carbonyl (C=O) groups is 1. The van der Waals surface area contributed by atoms with E-state index in [0.29, 0.717) is 17.2 Å². The van der Waals surface area contributed by atoms with Crippen molar-refractivity contribution in [3.8, 4) is 11.5 Å². The lowest BCUT2D eigenvalue weighted by atomic mass is 10.2. The highest BCUT2D eigenvalue weighted by molar-refractivity contribution is 7.22. The number of rotatable bonds is 6. The van der Waals surface area contributed by atoms with Crippen LogP contribution in [-0.2, 0) is 4.74 Å². The molecule has 8 heteroatoms. The van der Waals surface area contributed by atoms with E-state index in [2.05, 4.69) is 20.6 Å². The van der Waals surface area contributed by atoms with Crippen LogP contribution in [0.15, 0.2) is 36.5 Å². The Hall–Kier alpha value is -2.71. The summed E-state index contributed by atoms with van der Waals surface area (Å²) < 4.78 is 12.6. The molecule has 0 bridgehead atoms. The standard InChI is InChI=1S/C19H20N4O3S/c1-20-18(24)16-9-13(6-7-21-16)26-12-4-5-15-17(10-12)27-19(23-15)22-11-14-3-2-8-25-14/h4-7,9-10,14H,2-3,8,11H2,1H3,(H,20,24)(H,22,23)/t14-/m1/s1. The molecule has 2 N–H and O–H groups in total. The van der Waals surface area contributed by atoms with Gasteiger partial charge in [0, 0.05) is 38.5 Å². The second-order valence-corrected chi connectivity index (χ2v) is 7.25. The first-order valence-corrected chi connectivity index (χ1v) is 9.65. The zero-order valence-electron chi connectivity index (χ0n) is 14.9. The molecule has 140 valence electrons. The van der Waals surface area contributed by atoms with Gasteiger partial charge in [-0.15, -0.1) is 0 Å². The number of pyridine rings is 1. The number of carbonyl (C=O) groups excluding carboxylic acids is 1. The van der Waals surface area contributed by atoms with E-state index in [1.807, 2.05) is 18.2 Å². The van der Waals surface area contributed by atoms with Gasteiger partial charge in [-0.1, -0.05) is 11.3 Å². The lowest BCUT2D eigenvalue weighted by molar-refractivity contribution is 0.0958. The molecule has 1 atom stereocenters. The van der Waals surface area contributed by atoms with E-state index >= 15 is 0 Å². The first-order chi connectivity index (χ1) is 13.2. The fraction of sp³-hybridized carbons (Fsp3) is 0.316. The van der Waals surface area contributed by atoms with Gasteiger partial charge in [-0.3, -0.25) is 9.78 Å². The predicted molar refractivity (Wildman–Crippen MR) is 105 cm³/mol. The van der Waals surface area contributed by atoms with Crippen molar-refractivity contribution in [2.24, 2.45) is 0 Å². The van der Waals surface area contributed by atoms with Crippen molar-refractivity contribution in [2.75, 3.05) is 25.5 Å². The van der Waals surface area contributed by atoms with Crippen molar-refractivity contribution in [2.45, 2.75) is 18.9 Å². The van der Waals surface area contributed by atoms with Gasteiger partial charge in [0.1, 0.15) is 17.2 Å². The minimum atomic E-state index is -0.250. The van der Waals surface area contributed by atoms with Gasteiger partial charge in [-0.2, -0.15) is 0 Å². The van der Waals surface area contributed by atoms with Gasteiger partial charge < -0.3 is 20.1 Å². The number of fused-ring (bicyclic) bond motifs is 1. The van der Waals surface area contributed by atoms with Gasteiger partial charge >= 0.3 is 0 Å². The number of benzene rings is 1. The van der Waals surface area contributed by atoms with Crippen LogP contribution in [0, 0.1) is 0 Å². The Kier molecular flexibility index (Phi) is 5.17. The molecule has 0 spiro atoms. The van der Waals surface area contributed by atoms with Gasteiger partial charge in [0.25, 0.3) is 5.91 Å². The van der Waals surface area contributed by atoms with E-state index in [9.17, 15) is 4.79 Å². The van der Waals surface area contributed by atoms with Crippen LogP contribution in [0.3, 0.4) is 0 Å². The summed E-state index contributed by atoms with van der Waals surface area (Å²) in [5.74, 6) is 0.996. The minimum absolute atomic E-state index is 0.250. The molecule has 0 radical (unpaired) electrons. The molecule has 1 aliphatic heterocycles. The van der Waals surface area contributed by atoms with Crippen LogP contribution in [0.2, 0.25) is 0 Å². The summed E-state index contributed by atoms with van der Waals surface area (Å²) in [6.07, 6.45) is 4.05. The molecule has 1 fully saturated rings. The van der Waals surface area contributed by atoms with Crippen molar-refractivity contribution in [3.05, 3.63) is 42.2 Å². The molecule has 1 aliphatic rings. The van der Waals surface area contributed by atoms with Crippen LogP contribution in [0.1, 0.15) is 23.3 Å². The van der Waals surface area contributed by atoms with Crippen molar-refractivity contribution in [1.82, 2.24) is 15.3 Å². The van der Waals surface area contributed by atoms with Gasteiger partial charge in [-0.25, -0.2) is 4.98 Å². The number of ether oxygens (including phenoxy) is 2. The zero-order valence-corrected chi connectivity index (χ0v) is 15.7. The Morgan fingerprint density at radius 2 is 2.22 bits per heavy atom. The van der Waals surface area contributed by atoms with Crippen molar-refractivity contribution < 1.29 is 14.3 Å². The quantitative estimate of drug-likeness (QED) is 0.677. The lowest BCUT2D eigenvalue weighted by Crippen LogP contribution is -2.18. The molecule has 0 saturated carbocycles. The van der Waals surface area contributed by atoms with E-state index in [1.165, 1.54) is 0 Å². The maximum absolute atomic E-state index is 11.7. The van der Waals surface area contributed by atoms with Crippen molar-refractivity contribution >= 4 is 32.6 Å². The van der Waals surface area contributed by atoms with E-state index in [1.54, 1.807) is 36.7 Å². The molecule has 3 heterocycles. The van der Waals surface area contributed by atoms with Gasteiger partial charge in [0.15, 0.2) is 5.13 Å². The fourth-order valence-corrected chi connectivity index (χ4v) is 3.81. The largest absolute Gasteiger partial charge is 0.457 e. The molecule has 0 unspecified atom stereocenters. The molecule has 3 aromatic rings. The normalized spacial score (nSPS) is 16.4. The first kappa shape index (κ1) is 17.7. The monoisotopic (exact) mass is 384 g/mol. The molecule has 1 amide bonds. The third-order valence-electron chi connectivity index (χ3n) is 4.29. The summed E-state index contributed by atoms with van der Waals surface area (Å²) in [6, 6.07) is 9.08. The zero-order chi connectivity index (χ0) is 18.6. The molecule has 2 aromatic heterocycles. The highest BCUT2D eigenvalue weighted by Crippen LogP contribution is 2.31. The Morgan fingerprint density at radius 3 is 3.04 bits per heavy atom. The molecule has 1 saturated heterocycles. The predicted octanol–water partition coefficient (Wildman–Crippen LogP) is 3.43. The molecule has 0 aliphatic carbocycles. The van der Waals surface area contributed by atoms with Gasteiger partial charge in [-0.05, 0) is 31.0 Å². The average molecular weight is 384 g/mol. The Morgan fingerprint density at radius 1 is 1.33 bits per heavy atom. The van der Waals surface area contributed by atoms with Crippen LogP contribution >= 0.6 is 11.3 Å². The molecule has 1 aromatic carbocycles. The Labute approximate surface area is 160 Å². The molecule has 4 rings (SSSR count). The van der Waals surface area contributed by atoms with Gasteiger partial charge in [0.05, 0.1) is 16.3 Å². The number of anilines is 1. The van der Waals surface area contributed by atoms with E-state index in [4.69, 9.17) is 9.47 Å². The highest BCUT2D eigenvalue weighted by atomic mass is 32.1. The summed E-state index contributed by atoms with van der Waals surface area (Å²) >= 11 is 1.58. The number of hydrogen-bond acceptors (Lipinski definition) is 7. The second-order valence-electron chi connectivity index (χ2n) is 6.22. The topological polar surface area (TPSA) is 85.4 Å². The Balaban J connectivity index is 1.47. The summed E-state index contributed by atoms with van der Waals surface area (Å²) in [7, 11) is 1.57. The van der Waals surface area contributed by atoms with Gasteiger partial charge in [0.2, 0.25) is 0 Å². The summed E-state index contributed by atoms with van der Waals surface area (Å²) in [4.78, 5) is 20.3. The highest BCUT2D eigenvalue weighted by Gasteiger charge is 2.16. The second kappa shape index (κ2) is 7.89. The maximum atomic E-state index is 11.7. The summed E-state index contributed by atoms with van der Waals surface area (Å²) in [6.45, 7) is 1.63. The van der Waals surface area contributed by atoms with Crippen LogP contribution in [0.4, 0.5) is 5.13 Å². The number of amides is 1. The average Bonchev–Trinajstić information content (AvgIpc) is 3.35. The van der Waals surface area contributed by atoms with Crippen LogP contribution < -0.4 is 15.4 Å². The third-order valence-corrected chi connectivity index (χ3v) is 5.27. The Bertz CT molecular complexity index is 953. The van der Waals surface area contributed by atoms with E-state index in [0.717, 1.165) is 41.3 Å². The summed E-state index contributed by atoms with van der Waals surface area (Å²) in [5.41, 5.74) is 1.23. The molecule has 27 heavy (non-hydrogen) atoms. The molecular formula is C19H20N4O3S. The number of nitrogens with one attached hydrogen (secondary N) is 2. The van der Waals surface area contributed by atoms with Crippen LogP contribution in [0.5, 0.6) is 11.5 Å². The summed E-state index contributed by atoms with van der Waals surface area (Å²) in [5, 5.41) is 6.79. The lowest BCUT2D eigenvalue weighted by Gasteiger charge is -2.08. The van der Waals surface area contributed by atoms with Crippen LogP contribution in [-0.4, -0.2) is 42.2 Å². The minimum Gasteiger partial charge on any atom is -0.457 e. The third kappa shape index (κ3) is 4.17. The molecule has 7 nitrogen and oxygen atoms in total. The van der Waals surface area contributed by atoms with Crippen molar-refractivity contribution in [1.29, 1.82) is 0 Å². The van der Waals surface area contributed by atoms with Crippen LogP contribution in [0.25, 0.3) is 10.2 Å². The van der Waals surface area contributed by atoms with E-state index < -0.39 is 0 Å². The molecular weight excluding hydrogens is 364 g/mol. The number of aromatic nitrogens is 2. The van der Waals surface area contributed by atoms with E-state index in [-0.39, 0.29) is 12.0 Å². The van der Waals surface area contributed by atoms with Crippen molar-refractivity contribution in [3.63, 3.8) is 0 Å². The number of thiazole rings is 1. The fourth-order valence-electron chi connectivity index (χ4n) is 2.91.